The summed E-state index contributed by atoms with van der Waals surface area (Å²) in [6.45, 7) is 5.53. The number of hydrogen-bond donors (Lipinski definition) is 2. The van der Waals surface area contributed by atoms with Gasteiger partial charge in [-0.25, -0.2) is 0 Å². The molecule has 0 aromatic heterocycles. The Morgan fingerprint density at radius 3 is 2.71 bits per heavy atom. The van der Waals surface area contributed by atoms with Crippen LogP contribution in [0.25, 0.3) is 0 Å². The summed E-state index contributed by atoms with van der Waals surface area (Å²) in [5.74, 6) is 1.26. The van der Waals surface area contributed by atoms with Crippen molar-refractivity contribution in [1.29, 1.82) is 0 Å². The summed E-state index contributed by atoms with van der Waals surface area (Å²) in [7, 11) is 0. The Kier molecular flexibility index (Phi) is 4.90. The molecule has 2 amide bonds. The van der Waals surface area contributed by atoms with Gasteiger partial charge in [-0.15, -0.1) is 0 Å². The normalized spacial score (nSPS) is 29.2. The maximum absolute atomic E-state index is 12.9. The molecule has 5 nitrogen and oxygen atoms in total. The number of nitrogens with one attached hydrogen (secondary N) is 1. The highest BCUT2D eigenvalue weighted by Crippen LogP contribution is 2.38. The molecule has 1 aliphatic carbocycles. The first-order valence-corrected chi connectivity index (χ1v) is 8.91. The zero-order valence-electron chi connectivity index (χ0n) is 14.5. The molecule has 0 spiro atoms. The maximum Gasteiger partial charge on any atom is 0.254 e. The van der Waals surface area contributed by atoms with Gasteiger partial charge in [0.15, 0.2) is 0 Å². The van der Waals surface area contributed by atoms with Gasteiger partial charge in [-0.05, 0) is 49.3 Å². The lowest BCUT2D eigenvalue weighted by atomic mass is 9.92. The van der Waals surface area contributed by atoms with Crippen LogP contribution in [-0.4, -0.2) is 35.8 Å². The molecule has 1 aromatic rings. The molecule has 1 saturated heterocycles. The van der Waals surface area contributed by atoms with Crippen molar-refractivity contribution in [3.05, 3.63) is 29.8 Å². The number of amides is 2. The number of piperidine rings is 1. The van der Waals surface area contributed by atoms with Crippen LogP contribution in [0.15, 0.2) is 24.3 Å². The number of carbonyl (C=O) groups excluding carboxylic acids is 2. The molecule has 4 unspecified atom stereocenters. The van der Waals surface area contributed by atoms with Gasteiger partial charge in [-0.1, -0.05) is 19.9 Å². The maximum atomic E-state index is 12.9. The zero-order chi connectivity index (χ0) is 17.3. The summed E-state index contributed by atoms with van der Waals surface area (Å²) in [4.78, 5) is 26.8. The number of likely N-dealkylation sites (tertiary alicyclic amines) is 1. The van der Waals surface area contributed by atoms with Gasteiger partial charge < -0.3 is 16.0 Å². The Hall–Kier alpha value is -1.88. The van der Waals surface area contributed by atoms with Crippen molar-refractivity contribution in [2.24, 2.45) is 23.5 Å². The number of benzene rings is 1. The molecular formula is C19H27N3O2. The smallest absolute Gasteiger partial charge is 0.254 e. The summed E-state index contributed by atoms with van der Waals surface area (Å²) < 4.78 is 0. The first-order chi connectivity index (χ1) is 11.5. The molecule has 2 fully saturated rings. The van der Waals surface area contributed by atoms with E-state index in [1.807, 2.05) is 23.1 Å². The lowest BCUT2D eigenvalue weighted by molar-refractivity contribution is -0.117. The van der Waals surface area contributed by atoms with Crippen molar-refractivity contribution in [1.82, 2.24) is 4.90 Å². The average molecular weight is 329 g/mol. The van der Waals surface area contributed by atoms with Crippen molar-refractivity contribution >= 4 is 17.5 Å². The van der Waals surface area contributed by atoms with Crippen LogP contribution in [-0.2, 0) is 4.79 Å². The Morgan fingerprint density at radius 2 is 2.04 bits per heavy atom. The Balaban J connectivity index is 1.70. The largest absolute Gasteiger partial charge is 0.334 e. The van der Waals surface area contributed by atoms with Crippen LogP contribution >= 0.6 is 0 Å². The third-order valence-electron chi connectivity index (χ3n) is 5.33. The summed E-state index contributed by atoms with van der Waals surface area (Å²) in [5.41, 5.74) is 7.18. The fraction of sp³-hybridized carbons (Fsp3) is 0.579. The molecule has 1 saturated carbocycles. The molecule has 4 atom stereocenters. The lowest BCUT2D eigenvalue weighted by Gasteiger charge is -2.38. The molecule has 0 radical (unpaired) electrons. The number of anilines is 1. The SMILES string of the molecule is CC1CCN(C(=O)c2cccc(NC(=O)C3CC3C)c2)C(CN)C1. The van der Waals surface area contributed by atoms with Gasteiger partial charge in [0, 0.05) is 36.3 Å². The molecule has 130 valence electrons. The van der Waals surface area contributed by atoms with Crippen LogP contribution in [0.2, 0.25) is 0 Å². The highest BCUT2D eigenvalue weighted by molar-refractivity contribution is 5.98. The fourth-order valence-corrected chi connectivity index (χ4v) is 3.56. The number of carbonyl (C=O) groups is 2. The second-order valence-electron chi connectivity index (χ2n) is 7.41. The minimum atomic E-state index is 0.00763. The van der Waals surface area contributed by atoms with E-state index < -0.39 is 0 Å². The molecule has 5 heteroatoms. The second-order valence-corrected chi connectivity index (χ2v) is 7.41. The second kappa shape index (κ2) is 6.93. The summed E-state index contributed by atoms with van der Waals surface area (Å²) in [5, 5.41) is 2.93. The van der Waals surface area contributed by atoms with E-state index in [0.29, 0.717) is 29.6 Å². The average Bonchev–Trinajstić information content (AvgIpc) is 3.31. The molecule has 0 bridgehead atoms. The number of rotatable bonds is 4. The molecule has 2 aliphatic rings. The summed E-state index contributed by atoms with van der Waals surface area (Å²) in [6.07, 6.45) is 2.92. The van der Waals surface area contributed by atoms with Crippen LogP contribution < -0.4 is 11.1 Å². The monoisotopic (exact) mass is 329 g/mol. The lowest BCUT2D eigenvalue weighted by Crippen LogP contribution is -2.49. The van der Waals surface area contributed by atoms with E-state index in [1.165, 1.54) is 0 Å². The molecule has 1 heterocycles. The van der Waals surface area contributed by atoms with Crippen LogP contribution in [0.4, 0.5) is 5.69 Å². The van der Waals surface area contributed by atoms with Crippen LogP contribution in [0.3, 0.4) is 0 Å². The van der Waals surface area contributed by atoms with E-state index in [4.69, 9.17) is 5.73 Å². The topological polar surface area (TPSA) is 75.4 Å². The van der Waals surface area contributed by atoms with E-state index >= 15 is 0 Å². The Morgan fingerprint density at radius 1 is 1.29 bits per heavy atom. The minimum absolute atomic E-state index is 0.00763. The minimum Gasteiger partial charge on any atom is -0.334 e. The Labute approximate surface area is 143 Å². The highest BCUT2D eigenvalue weighted by Gasteiger charge is 2.39. The predicted molar refractivity (Wildman–Crippen MR) is 94.6 cm³/mol. The Bertz CT molecular complexity index is 631. The van der Waals surface area contributed by atoms with Crippen LogP contribution in [0, 0.1) is 17.8 Å². The standard InChI is InChI=1S/C19H27N3O2/c1-12-6-7-22(16(8-12)11-20)19(24)14-4-3-5-15(10-14)21-18(23)17-9-13(17)2/h3-5,10,12-13,16-17H,6-9,11,20H2,1-2H3,(H,21,23). The molecular weight excluding hydrogens is 302 g/mol. The van der Waals surface area contributed by atoms with Gasteiger partial charge >= 0.3 is 0 Å². The van der Waals surface area contributed by atoms with E-state index in [-0.39, 0.29) is 23.8 Å². The third-order valence-corrected chi connectivity index (χ3v) is 5.33. The third kappa shape index (κ3) is 3.61. The predicted octanol–water partition coefficient (Wildman–Crippen LogP) is 2.48. The van der Waals surface area contributed by atoms with E-state index in [1.54, 1.807) is 6.07 Å². The number of nitrogens with two attached hydrogens (primary N) is 1. The van der Waals surface area contributed by atoms with Crippen LogP contribution in [0.1, 0.15) is 43.5 Å². The van der Waals surface area contributed by atoms with Crippen molar-refractivity contribution in [3.8, 4) is 0 Å². The molecule has 3 rings (SSSR count). The van der Waals surface area contributed by atoms with Gasteiger partial charge in [0.25, 0.3) is 5.91 Å². The van der Waals surface area contributed by atoms with Crippen LogP contribution in [0.5, 0.6) is 0 Å². The zero-order valence-corrected chi connectivity index (χ0v) is 14.5. The number of hydrogen-bond acceptors (Lipinski definition) is 3. The summed E-state index contributed by atoms with van der Waals surface area (Å²) in [6, 6.07) is 7.35. The van der Waals surface area contributed by atoms with E-state index in [2.05, 4.69) is 19.2 Å². The van der Waals surface area contributed by atoms with Gasteiger partial charge in [-0.3, -0.25) is 9.59 Å². The fourth-order valence-electron chi connectivity index (χ4n) is 3.56. The summed E-state index contributed by atoms with van der Waals surface area (Å²) >= 11 is 0. The van der Waals surface area contributed by atoms with Gasteiger partial charge in [0.2, 0.25) is 5.91 Å². The first kappa shape index (κ1) is 17.0. The van der Waals surface area contributed by atoms with Gasteiger partial charge in [0.05, 0.1) is 0 Å². The highest BCUT2D eigenvalue weighted by atomic mass is 16.2. The molecule has 3 N–H and O–H groups in total. The molecule has 1 aromatic carbocycles. The van der Waals surface area contributed by atoms with E-state index in [9.17, 15) is 9.59 Å². The first-order valence-electron chi connectivity index (χ1n) is 8.91. The van der Waals surface area contributed by atoms with Gasteiger partial charge in [0.1, 0.15) is 0 Å². The number of nitrogens with zero attached hydrogens (tertiary/aromatic N) is 1. The quantitative estimate of drug-likeness (QED) is 0.891. The molecule has 1 aliphatic heterocycles. The molecule has 24 heavy (non-hydrogen) atoms. The van der Waals surface area contributed by atoms with Crippen molar-refractivity contribution < 1.29 is 9.59 Å². The van der Waals surface area contributed by atoms with Crippen molar-refractivity contribution in [3.63, 3.8) is 0 Å². The van der Waals surface area contributed by atoms with Crippen molar-refractivity contribution in [2.75, 3.05) is 18.4 Å². The van der Waals surface area contributed by atoms with Crippen molar-refractivity contribution in [2.45, 2.75) is 39.2 Å². The van der Waals surface area contributed by atoms with E-state index in [0.717, 1.165) is 25.8 Å². The van der Waals surface area contributed by atoms with Gasteiger partial charge in [-0.2, -0.15) is 0 Å².